The maximum Gasteiger partial charge on any atom is 0.335 e. The van der Waals surface area contributed by atoms with Crippen LogP contribution in [0.1, 0.15) is 121 Å². The summed E-state index contributed by atoms with van der Waals surface area (Å²) in [6.45, 7) is 18.8. The molecule has 3 saturated heterocycles. The fourth-order valence-corrected chi connectivity index (χ4v) is 16.4. The quantitative estimate of drug-likeness (QED) is 0.0464. The molecule has 81 heavy (non-hydrogen) atoms. The van der Waals surface area contributed by atoms with Crippen LogP contribution in [-0.4, -0.2) is 216 Å². The van der Waals surface area contributed by atoms with Crippen LogP contribution in [0.4, 0.5) is 0 Å². The number of rotatable bonds is 15. The van der Waals surface area contributed by atoms with Crippen molar-refractivity contribution >= 4 is 17.9 Å². The van der Waals surface area contributed by atoms with Gasteiger partial charge in [0.15, 0.2) is 31.1 Å². The summed E-state index contributed by atoms with van der Waals surface area (Å²) in [5.74, 6) is -3.92. The molecule has 23 nitrogen and oxygen atoms in total. The van der Waals surface area contributed by atoms with Gasteiger partial charge in [0.25, 0.3) is 0 Å². The van der Waals surface area contributed by atoms with Gasteiger partial charge >= 0.3 is 17.9 Å². The predicted octanol–water partition coefficient (Wildman–Crippen LogP) is 0.653. The Morgan fingerprint density at radius 2 is 1.26 bits per heavy atom. The number of carbonyl (C=O) groups excluding carboxylic acids is 2. The largest absolute Gasteiger partial charge is 0.479 e. The van der Waals surface area contributed by atoms with E-state index in [0.717, 1.165) is 11.1 Å². The van der Waals surface area contributed by atoms with E-state index in [1.54, 1.807) is 39.8 Å². The van der Waals surface area contributed by atoms with Crippen molar-refractivity contribution in [1.29, 1.82) is 0 Å². The van der Waals surface area contributed by atoms with Crippen LogP contribution in [0.3, 0.4) is 0 Å². The molecule has 5 aliphatic carbocycles. The lowest BCUT2D eigenvalue weighted by molar-refractivity contribution is -0.386. The Morgan fingerprint density at radius 3 is 1.83 bits per heavy atom. The van der Waals surface area contributed by atoms with Gasteiger partial charge in [0, 0.05) is 16.4 Å². The zero-order valence-electron chi connectivity index (χ0n) is 48.4. The number of esters is 2. The molecule has 23 heteroatoms. The van der Waals surface area contributed by atoms with E-state index in [1.165, 1.54) is 0 Å². The maximum atomic E-state index is 13.9. The monoisotopic (exact) mass is 1150 g/mol. The van der Waals surface area contributed by atoms with Crippen molar-refractivity contribution in [2.75, 3.05) is 19.8 Å². The average molecular weight is 1160 g/mol. The summed E-state index contributed by atoms with van der Waals surface area (Å²) in [6.07, 6.45) is -23.8. The van der Waals surface area contributed by atoms with Crippen LogP contribution in [-0.2, 0) is 52.3 Å². The maximum absolute atomic E-state index is 13.9. The van der Waals surface area contributed by atoms with Gasteiger partial charge in [0.05, 0.1) is 50.0 Å². The molecule has 0 spiro atoms. The molecule has 0 radical (unpaired) electrons. The van der Waals surface area contributed by atoms with E-state index in [0.29, 0.717) is 37.7 Å². The zero-order valence-corrected chi connectivity index (χ0v) is 48.4. The van der Waals surface area contributed by atoms with Gasteiger partial charge in [0.2, 0.25) is 0 Å². The molecule has 8 unspecified atom stereocenters. The fraction of sp³-hybridized carbons (Fsp3) is 0.845. The number of carboxylic acid groups (broad SMARTS) is 1. The Bertz CT molecular complexity index is 2410. The fourth-order valence-electron chi connectivity index (χ4n) is 16.4. The number of ether oxygens (including phenoxy) is 8. The number of hydrogen-bond acceptors (Lipinski definition) is 22. The van der Waals surface area contributed by atoms with Gasteiger partial charge in [-0.15, -0.1) is 0 Å². The first-order valence-electron chi connectivity index (χ1n) is 28.6. The van der Waals surface area contributed by atoms with E-state index in [2.05, 4.69) is 19.9 Å². The molecular weight excluding hydrogens is 1060 g/mol. The van der Waals surface area contributed by atoms with Crippen molar-refractivity contribution in [3.8, 4) is 0 Å². The molecule has 0 bridgehead atoms. The van der Waals surface area contributed by atoms with Crippen LogP contribution in [0.15, 0.2) is 34.9 Å². The topological polar surface area (TPSA) is 368 Å². The normalized spacial score (nSPS) is 48.6. The smallest absolute Gasteiger partial charge is 0.335 e. The van der Waals surface area contributed by atoms with Crippen LogP contribution >= 0.6 is 0 Å². The summed E-state index contributed by atoms with van der Waals surface area (Å²) in [7, 11) is 0. The first-order valence-corrected chi connectivity index (χ1v) is 28.6. The highest BCUT2D eigenvalue weighted by molar-refractivity contribution is 5.87. The van der Waals surface area contributed by atoms with Gasteiger partial charge in [0.1, 0.15) is 67.1 Å². The summed E-state index contributed by atoms with van der Waals surface area (Å²) in [6, 6.07) is 0. The van der Waals surface area contributed by atoms with E-state index in [9.17, 15) is 75.7 Å². The number of carbonyl (C=O) groups is 3. The van der Waals surface area contributed by atoms with Crippen molar-refractivity contribution in [2.45, 2.75) is 238 Å². The SMILES string of the molecule is C/C=C(/C)CC(=O)O[C@H]1[C@H](OC(=O)/C(C)=C\C)C(C)(C)CC2C3=CCC4[C@@]5(C)CC[C@H](O[C@@H]6OC(C(=O)O)[C@@H](O)[C@@H](O[C@@H]7O[C@@H](CO)C(O)[C@@H]7O)C6O[C@@H]6OC(CO)[C@H](O)[C@@H](O)C6O)C(C)(C)C5CC[C@@]4(C)[C@]3(C)[C@@H](O)[C@@H](O)[C@]21CO. The molecule has 8 rings (SSSR count). The van der Waals surface area contributed by atoms with Gasteiger partial charge in [-0.2, -0.15) is 0 Å². The molecule has 460 valence electrons. The average Bonchev–Trinajstić information content (AvgIpc) is 3.71. The Hall–Kier alpha value is -3.05. The lowest BCUT2D eigenvalue weighted by atomic mass is 9.32. The Labute approximate surface area is 472 Å². The predicted molar refractivity (Wildman–Crippen MR) is 281 cm³/mol. The van der Waals surface area contributed by atoms with Gasteiger partial charge in [-0.25, -0.2) is 9.59 Å². The molecule has 4 saturated carbocycles. The van der Waals surface area contributed by atoms with E-state index < -0.39 is 193 Å². The van der Waals surface area contributed by atoms with Crippen molar-refractivity contribution < 1.29 is 114 Å². The van der Waals surface area contributed by atoms with Crippen LogP contribution in [0, 0.1) is 50.2 Å². The van der Waals surface area contributed by atoms with Crippen LogP contribution in [0.2, 0.25) is 0 Å². The lowest BCUT2D eigenvalue weighted by Crippen LogP contribution is -2.76. The molecule has 12 N–H and O–H groups in total. The summed E-state index contributed by atoms with van der Waals surface area (Å²) < 4.78 is 49.1. The molecule has 0 aromatic rings. The number of aliphatic hydroxyl groups is 11. The van der Waals surface area contributed by atoms with E-state index in [4.69, 9.17) is 37.9 Å². The second-order valence-electron chi connectivity index (χ2n) is 26.4. The first kappa shape index (κ1) is 64.0. The number of hydrogen-bond donors (Lipinski definition) is 12. The van der Waals surface area contributed by atoms with Crippen molar-refractivity contribution in [2.24, 2.45) is 50.2 Å². The van der Waals surface area contributed by atoms with Gasteiger partial charge in [-0.1, -0.05) is 77.8 Å². The second-order valence-corrected chi connectivity index (χ2v) is 26.4. The summed E-state index contributed by atoms with van der Waals surface area (Å²) in [5, 5.41) is 134. The Morgan fingerprint density at radius 1 is 0.667 bits per heavy atom. The Kier molecular flexibility index (Phi) is 18.4. The summed E-state index contributed by atoms with van der Waals surface area (Å²) in [5.41, 5.74) is -3.91. The Balaban J connectivity index is 1.14. The zero-order chi connectivity index (χ0) is 60.0. The number of allylic oxidation sites excluding steroid dienone is 3. The molecule has 0 aromatic heterocycles. The van der Waals surface area contributed by atoms with Gasteiger partial charge in [-0.05, 0) is 100 Å². The molecule has 8 aliphatic rings. The summed E-state index contributed by atoms with van der Waals surface area (Å²) in [4.78, 5) is 40.4. The number of aliphatic hydroxyl groups excluding tert-OH is 11. The molecule has 0 aromatic carbocycles. The first-order chi connectivity index (χ1) is 37.8. The van der Waals surface area contributed by atoms with Gasteiger partial charge < -0.3 is 99.2 Å². The lowest BCUT2D eigenvalue weighted by Gasteiger charge is -2.73. The number of fused-ring (bicyclic) bond motifs is 7. The molecule has 3 aliphatic heterocycles. The van der Waals surface area contributed by atoms with Crippen molar-refractivity contribution in [3.63, 3.8) is 0 Å². The van der Waals surface area contributed by atoms with Crippen LogP contribution in [0.5, 0.6) is 0 Å². The highest BCUT2D eigenvalue weighted by atomic mass is 16.8. The molecule has 26 atom stereocenters. The van der Waals surface area contributed by atoms with Crippen LogP contribution in [0.25, 0.3) is 0 Å². The van der Waals surface area contributed by atoms with Crippen molar-refractivity contribution in [1.82, 2.24) is 0 Å². The third kappa shape index (κ3) is 10.3. The standard InChI is InChI=1S/C58H90O23/c1-12-25(3)20-34(62)77-47-46(81-49(73)26(4)13-2)53(5,6)21-28-27-14-15-32-55(9)18-17-33(54(7,8)31(55)16-19-56(32,10)57(27,11)44(69)45(70)58(28,47)24-61)76-52-43(80-51-39(67)37(65)35(63)29(22-59)74-51)41(40(68)42(79-52)48(71)72)78-50-38(66)36(64)30(23-60)75-50/h12-14,28-33,35-47,50-52,59-61,63-70H,15-24H2,1-11H3,(H,71,72)/b25-12-,26-13-/t28?,29?,30-,31?,32?,33-,35-,36?,37+,38-,39?,40-,41+,42?,43?,44-,45+,46-,47-,50-,51-,52+,55-,56+,57-,58-/m0/s1. The van der Waals surface area contributed by atoms with Crippen molar-refractivity contribution in [3.05, 3.63) is 34.9 Å². The van der Waals surface area contributed by atoms with E-state index in [-0.39, 0.29) is 24.7 Å². The highest BCUT2D eigenvalue weighted by Gasteiger charge is 2.76. The van der Waals surface area contributed by atoms with E-state index >= 15 is 0 Å². The molecule has 7 fully saturated rings. The number of carboxylic acids is 1. The minimum Gasteiger partial charge on any atom is -0.479 e. The third-order valence-electron chi connectivity index (χ3n) is 21.5. The van der Waals surface area contributed by atoms with E-state index in [1.807, 2.05) is 34.6 Å². The molecular formula is C58H90O23. The summed E-state index contributed by atoms with van der Waals surface area (Å²) >= 11 is 0. The minimum atomic E-state index is -2.13. The molecule has 3 heterocycles. The second kappa shape index (κ2) is 23.3. The third-order valence-corrected chi connectivity index (χ3v) is 21.5. The minimum absolute atomic E-state index is 0.0980. The number of aliphatic carboxylic acids is 1. The van der Waals surface area contributed by atoms with Crippen LogP contribution < -0.4 is 0 Å². The van der Waals surface area contributed by atoms with Gasteiger partial charge in [-0.3, -0.25) is 4.79 Å². The molecule has 0 amide bonds. The highest BCUT2D eigenvalue weighted by Crippen LogP contribution is 2.76.